The number of nitrogens with zero attached hydrogens (tertiary/aromatic N) is 4. The molecule has 0 aliphatic rings. The number of fused-ring (bicyclic) bond motifs is 1. The largest absolute Gasteiger partial charge is 0.421 e. The summed E-state index contributed by atoms with van der Waals surface area (Å²) in [5.41, 5.74) is 1.62. The molecule has 17 heavy (non-hydrogen) atoms. The van der Waals surface area contributed by atoms with E-state index in [1.165, 1.54) is 0 Å². The van der Waals surface area contributed by atoms with Crippen molar-refractivity contribution in [3.63, 3.8) is 0 Å². The third-order valence-electron chi connectivity index (χ3n) is 2.33. The Kier molecular flexibility index (Phi) is 2.36. The van der Waals surface area contributed by atoms with Crippen LogP contribution in [0.4, 0.5) is 0 Å². The molecule has 3 aromatic rings. The zero-order valence-corrected chi connectivity index (χ0v) is 10.5. The normalized spacial score (nSPS) is 10.9. The minimum atomic E-state index is 0.473. The van der Waals surface area contributed by atoms with Crippen LogP contribution in [0, 0.1) is 6.92 Å². The van der Waals surface area contributed by atoms with E-state index in [1.54, 1.807) is 25.5 Å². The second kappa shape index (κ2) is 3.89. The van der Waals surface area contributed by atoms with Gasteiger partial charge >= 0.3 is 0 Å². The Hall–Kier alpha value is -1.82. The lowest BCUT2D eigenvalue weighted by molar-refractivity contribution is 0.532. The maximum Gasteiger partial charge on any atom is 0.249 e. The molecule has 6 heteroatoms. The highest BCUT2D eigenvalue weighted by molar-refractivity contribution is 9.10. The first-order valence-corrected chi connectivity index (χ1v) is 5.73. The molecule has 0 aromatic carbocycles. The maximum absolute atomic E-state index is 5.37. The summed E-state index contributed by atoms with van der Waals surface area (Å²) in [6.45, 7) is 1.75. The van der Waals surface area contributed by atoms with Gasteiger partial charge in [-0.25, -0.2) is 0 Å². The molecule has 0 aliphatic heterocycles. The summed E-state index contributed by atoms with van der Waals surface area (Å²) in [4.78, 5) is 8.37. The lowest BCUT2D eigenvalue weighted by atomic mass is 10.2. The first kappa shape index (κ1) is 10.3. The lowest BCUT2D eigenvalue weighted by Crippen LogP contribution is -1.85. The Morgan fingerprint density at radius 2 is 2.06 bits per heavy atom. The lowest BCUT2D eigenvalue weighted by Gasteiger charge is -2.00. The van der Waals surface area contributed by atoms with Crippen molar-refractivity contribution >= 4 is 26.8 Å². The fourth-order valence-corrected chi connectivity index (χ4v) is 1.98. The number of aromatic nitrogens is 4. The maximum atomic E-state index is 5.37. The standard InChI is InChI=1S/C11H7BrN4O/c1-6-15-16-11(17-6)7-2-8-9(12)4-13-5-10(8)14-3-7/h2-5H,1H3. The molecule has 3 aromatic heterocycles. The molecule has 0 spiro atoms. The first-order valence-electron chi connectivity index (χ1n) is 4.94. The van der Waals surface area contributed by atoms with Gasteiger partial charge < -0.3 is 4.42 Å². The van der Waals surface area contributed by atoms with Crippen molar-refractivity contribution < 1.29 is 4.42 Å². The molecule has 0 atom stereocenters. The van der Waals surface area contributed by atoms with Crippen LogP contribution in [0.1, 0.15) is 5.89 Å². The second-order valence-electron chi connectivity index (χ2n) is 3.54. The van der Waals surface area contributed by atoms with Gasteiger partial charge in [0.05, 0.1) is 17.3 Å². The summed E-state index contributed by atoms with van der Waals surface area (Å²) >= 11 is 3.44. The van der Waals surface area contributed by atoms with E-state index in [2.05, 4.69) is 36.1 Å². The highest BCUT2D eigenvalue weighted by atomic mass is 79.9. The smallest absolute Gasteiger partial charge is 0.249 e. The van der Waals surface area contributed by atoms with Gasteiger partial charge in [-0.1, -0.05) is 0 Å². The molecule has 0 saturated heterocycles. The van der Waals surface area contributed by atoms with Crippen LogP contribution in [0.2, 0.25) is 0 Å². The van der Waals surface area contributed by atoms with Gasteiger partial charge in [0.25, 0.3) is 0 Å². The summed E-state index contributed by atoms with van der Waals surface area (Å²) in [6, 6.07) is 1.95. The number of halogens is 1. The highest BCUT2D eigenvalue weighted by Crippen LogP contribution is 2.26. The van der Waals surface area contributed by atoms with Crippen LogP contribution in [0.5, 0.6) is 0 Å². The summed E-state index contributed by atoms with van der Waals surface area (Å²) < 4.78 is 6.25. The number of hydrogen-bond acceptors (Lipinski definition) is 5. The number of hydrogen-bond donors (Lipinski definition) is 0. The van der Waals surface area contributed by atoms with Gasteiger partial charge in [0.15, 0.2) is 0 Å². The van der Waals surface area contributed by atoms with E-state index in [1.807, 2.05) is 6.07 Å². The van der Waals surface area contributed by atoms with Crippen molar-refractivity contribution in [1.29, 1.82) is 0 Å². The van der Waals surface area contributed by atoms with E-state index in [9.17, 15) is 0 Å². The molecule has 3 heterocycles. The molecular formula is C11H7BrN4O. The van der Waals surface area contributed by atoms with Crippen LogP contribution < -0.4 is 0 Å². The Bertz CT molecular complexity index is 695. The number of aryl methyl sites for hydroxylation is 1. The minimum Gasteiger partial charge on any atom is -0.421 e. The van der Waals surface area contributed by atoms with E-state index in [0.717, 1.165) is 20.9 Å². The molecule has 3 rings (SSSR count). The van der Waals surface area contributed by atoms with E-state index in [0.29, 0.717) is 11.8 Å². The third-order valence-corrected chi connectivity index (χ3v) is 2.97. The zero-order valence-electron chi connectivity index (χ0n) is 8.88. The molecule has 5 nitrogen and oxygen atoms in total. The molecule has 0 unspecified atom stereocenters. The molecule has 0 saturated carbocycles. The molecule has 0 bridgehead atoms. The highest BCUT2D eigenvalue weighted by Gasteiger charge is 2.08. The summed E-state index contributed by atoms with van der Waals surface area (Å²) in [5.74, 6) is 1.01. The Labute approximate surface area is 105 Å². The molecule has 0 aliphatic carbocycles. The summed E-state index contributed by atoms with van der Waals surface area (Å²) in [5, 5.41) is 8.73. The van der Waals surface area contributed by atoms with Crippen LogP contribution in [-0.2, 0) is 0 Å². The number of rotatable bonds is 1. The van der Waals surface area contributed by atoms with Gasteiger partial charge in [-0.3, -0.25) is 9.97 Å². The van der Waals surface area contributed by atoms with E-state index in [4.69, 9.17) is 4.42 Å². The summed E-state index contributed by atoms with van der Waals surface area (Å²) in [6.07, 6.45) is 5.14. The van der Waals surface area contributed by atoms with Crippen LogP contribution in [0.25, 0.3) is 22.4 Å². The Morgan fingerprint density at radius 3 is 2.82 bits per heavy atom. The predicted molar refractivity (Wildman–Crippen MR) is 65.3 cm³/mol. The fourth-order valence-electron chi connectivity index (χ4n) is 1.54. The van der Waals surface area contributed by atoms with Gasteiger partial charge in [-0.15, -0.1) is 10.2 Å². The van der Waals surface area contributed by atoms with Crippen molar-refractivity contribution in [3.05, 3.63) is 35.0 Å². The molecule has 0 radical (unpaired) electrons. The average molecular weight is 291 g/mol. The van der Waals surface area contributed by atoms with Gasteiger partial charge in [0.1, 0.15) is 0 Å². The molecular weight excluding hydrogens is 284 g/mol. The van der Waals surface area contributed by atoms with Crippen LogP contribution in [0.15, 0.2) is 33.5 Å². The molecule has 0 N–H and O–H groups in total. The Morgan fingerprint density at radius 1 is 1.18 bits per heavy atom. The van der Waals surface area contributed by atoms with Crippen molar-refractivity contribution in [2.45, 2.75) is 6.92 Å². The first-order chi connectivity index (χ1) is 8.24. The predicted octanol–water partition coefficient (Wildman–Crippen LogP) is 2.75. The molecule has 0 amide bonds. The Balaban J connectivity index is 2.22. The van der Waals surface area contributed by atoms with Crippen molar-refractivity contribution in [2.24, 2.45) is 0 Å². The van der Waals surface area contributed by atoms with E-state index >= 15 is 0 Å². The summed E-state index contributed by atoms with van der Waals surface area (Å²) in [7, 11) is 0. The van der Waals surface area contributed by atoms with Gasteiger partial charge in [0.2, 0.25) is 11.8 Å². The topological polar surface area (TPSA) is 64.7 Å². The number of pyridine rings is 2. The quantitative estimate of drug-likeness (QED) is 0.689. The van der Waals surface area contributed by atoms with Gasteiger partial charge in [-0.05, 0) is 22.0 Å². The van der Waals surface area contributed by atoms with Crippen LogP contribution >= 0.6 is 15.9 Å². The van der Waals surface area contributed by atoms with Gasteiger partial charge in [-0.2, -0.15) is 0 Å². The minimum absolute atomic E-state index is 0.473. The van der Waals surface area contributed by atoms with Crippen LogP contribution in [-0.4, -0.2) is 20.2 Å². The van der Waals surface area contributed by atoms with Crippen molar-refractivity contribution in [2.75, 3.05) is 0 Å². The van der Waals surface area contributed by atoms with Crippen molar-refractivity contribution in [1.82, 2.24) is 20.2 Å². The fraction of sp³-hybridized carbons (Fsp3) is 0.0909. The van der Waals surface area contributed by atoms with E-state index in [-0.39, 0.29) is 0 Å². The van der Waals surface area contributed by atoms with Crippen LogP contribution in [0.3, 0.4) is 0 Å². The zero-order chi connectivity index (χ0) is 11.8. The monoisotopic (exact) mass is 290 g/mol. The second-order valence-corrected chi connectivity index (χ2v) is 4.39. The SMILES string of the molecule is Cc1nnc(-c2cnc3cncc(Br)c3c2)o1. The third kappa shape index (κ3) is 1.80. The molecule has 0 fully saturated rings. The van der Waals surface area contributed by atoms with E-state index < -0.39 is 0 Å². The van der Waals surface area contributed by atoms with Crippen molar-refractivity contribution in [3.8, 4) is 11.5 Å². The molecule has 84 valence electrons. The average Bonchev–Trinajstić information content (AvgIpc) is 2.76. The van der Waals surface area contributed by atoms with Gasteiger partial charge in [0, 0.05) is 29.2 Å².